The highest BCUT2D eigenvalue weighted by Crippen LogP contribution is 2.36. The lowest BCUT2D eigenvalue weighted by Gasteiger charge is -2.33. The summed E-state index contributed by atoms with van der Waals surface area (Å²) in [7, 11) is 0. The van der Waals surface area contributed by atoms with Crippen molar-refractivity contribution in [2.45, 2.75) is 12.0 Å². The fourth-order valence-electron chi connectivity index (χ4n) is 3.24. The van der Waals surface area contributed by atoms with Crippen LogP contribution in [0.15, 0.2) is 60.6 Å². The molecule has 3 aromatic rings. The number of nitrogens with two attached hydrogens (primary N) is 2. The fourth-order valence-corrected chi connectivity index (χ4v) is 3.24. The molecule has 0 radical (unpaired) electrons. The molecule has 0 bridgehead atoms. The molecule has 1 aromatic heterocycles. The normalized spacial score (nSPS) is 15.4. The first-order valence-electron chi connectivity index (χ1n) is 8.72. The molecule has 144 valence electrons. The Morgan fingerprint density at radius 2 is 1.89 bits per heavy atom. The number of ether oxygens (including phenoxy) is 3. The maximum Gasteiger partial charge on any atom is 0.230 e. The lowest BCUT2D eigenvalue weighted by Crippen LogP contribution is -2.45. The van der Waals surface area contributed by atoms with Crippen LogP contribution in [0.2, 0.25) is 0 Å². The number of fused-ring (bicyclic) bond motifs is 1. The highest BCUT2D eigenvalue weighted by atomic mass is 16.7. The lowest BCUT2D eigenvalue weighted by molar-refractivity contribution is -0.0181. The van der Waals surface area contributed by atoms with Gasteiger partial charge in [0.15, 0.2) is 11.4 Å². The summed E-state index contributed by atoms with van der Waals surface area (Å²) in [5, 5.41) is 10.9. The number of hydrogen-bond acceptors (Lipinski definition) is 8. The van der Waals surface area contributed by atoms with Gasteiger partial charge >= 0.3 is 0 Å². The first-order valence-corrected chi connectivity index (χ1v) is 8.72. The van der Waals surface area contributed by atoms with E-state index in [4.69, 9.17) is 25.7 Å². The Labute approximate surface area is 161 Å². The number of rotatable bonds is 6. The van der Waals surface area contributed by atoms with Gasteiger partial charge in [-0.2, -0.15) is 4.98 Å². The summed E-state index contributed by atoms with van der Waals surface area (Å²) in [6, 6.07) is 14.9. The van der Waals surface area contributed by atoms with Gasteiger partial charge in [-0.15, -0.1) is 0 Å². The minimum absolute atomic E-state index is 0.0621. The molecule has 1 aliphatic rings. The van der Waals surface area contributed by atoms with E-state index in [2.05, 4.69) is 9.97 Å². The maximum absolute atomic E-state index is 10.4. The van der Waals surface area contributed by atoms with Crippen LogP contribution in [0.3, 0.4) is 0 Å². The predicted molar refractivity (Wildman–Crippen MR) is 104 cm³/mol. The average Bonchev–Trinajstić information content (AvgIpc) is 3.23. The first kappa shape index (κ1) is 17.9. The van der Waals surface area contributed by atoms with E-state index in [0.29, 0.717) is 28.8 Å². The highest BCUT2D eigenvalue weighted by Gasteiger charge is 2.41. The van der Waals surface area contributed by atoms with Gasteiger partial charge in [0, 0.05) is 6.42 Å². The molecule has 0 aliphatic carbocycles. The highest BCUT2D eigenvalue weighted by molar-refractivity contribution is 5.94. The Kier molecular flexibility index (Phi) is 4.62. The summed E-state index contributed by atoms with van der Waals surface area (Å²) >= 11 is 0. The van der Waals surface area contributed by atoms with Crippen LogP contribution in [-0.2, 0) is 15.9 Å². The molecule has 8 heteroatoms. The Morgan fingerprint density at radius 1 is 1.07 bits per heavy atom. The molecule has 8 nitrogen and oxygen atoms in total. The van der Waals surface area contributed by atoms with Crippen LogP contribution in [0.1, 0.15) is 5.56 Å². The second-order valence-electron chi connectivity index (χ2n) is 6.45. The smallest absolute Gasteiger partial charge is 0.230 e. The number of aliphatic hydroxyl groups is 1. The molecule has 1 aliphatic heterocycles. The van der Waals surface area contributed by atoms with E-state index in [1.165, 1.54) is 6.26 Å². The van der Waals surface area contributed by atoms with Crippen molar-refractivity contribution in [1.29, 1.82) is 0 Å². The van der Waals surface area contributed by atoms with Gasteiger partial charge in [0.05, 0.1) is 17.5 Å². The summed E-state index contributed by atoms with van der Waals surface area (Å²) in [5.41, 5.74) is 12.1. The van der Waals surface area contributed by atoms with Crippen LogP contribution in [0.4, 0.5) is 11.8 Å². The van der Waals surface area contributed by atoms with Crippen LogP contribution >= 0.6 is 0 Å². The molecule has 2 heterocycles. The Bertz CT molecular complexity index is 1030. The number of hydrogen-bond donors (Lipinski definition) is 3. The molecule has 0 saturated carbocycles. The number of aromatic nitrogens is 2. The van der Waals surface area contributed by atoms with Crippen LogP contribution in [-0.4, -0.2) is 34.1 Å². The van der Waals surface area contributed by atoms with Crippen molar-refractivity contribution in [2.75, 3.05) is 24.9 Å². The van der Waals surface area contributed by atoms with Crippen molar-refractivity contribution in [3.63, 3.8) is 0 Å². The first-order chi connectivity index (χ1) is 13.6. The Hall–Kier alpha value is -3.52. The number of nitrogen functional groups attached to an aromatic ring is 2. The topological polar surface area (TPSA) is 126 Å². The molecule has 5 N–H and O–H groups in total. The van der Waals surface area contributed by atoms with Gasteiger partial charge in [-0.3, -0.25) is 0 Å². The third-order valence-corrected chi connectivity index (χ3v) is 4.55. The van der Waals surface area contributed by atoms with E-state index >= 15 is 0 Å². The zero-order chi connectivity index (χ0) is 19.6. The largest absolute Gasteiger partial charge is 0.476 e. The molecule has 1 unspecified atom stereocenters. The van der Waals surface area contributed by atoms with Gasteiger partial charge in [0.1, 0.15) is 17.8 Å². The van der Waals surface area contributed by atoms with Crippen molar-refractivity contribution in [1.82, 2.24) is 9.97 Å². The minimum atomic E-state index is -1.21. The molecule has 0 spiro atoms. The minimum Gasteiger partial charge on any atom is -0.476 e. The molecular weight excluding hydrogens is 360 g/mol. The Balaban J connectivity index is 1.81. The van der Waals surface area contributed by atoms with Gasteiger partial charge in [0.25, 0.3) is 0 Å². The number of aliphatic hydroxyl groups excluding tert-OH is 1. The lowest BCUT2D eigenvalue weighted by atomic mass is 9.93. The van der Waals surface area contributed by atoms with Gasteiger partial charge in [0.2, 0.25) is 12.7 Å². The molecule has 28 heavy (non-hydrogen) atoms. The summed E-state index contributed by atoms with van der Waals surface area (Å²) in [4.78, 5) is 8.24. The fraction of sp³-hybridized carbons (Fsp3) is 0.200. The summed E-state index contributed by atoms with van der Waals surface area (Å²) in [6.07, 6.45) is 1.81. The molecule has 2 aromatic carbocycles. The standard InChI is InChI=1S/C20H20N4O4/c21-18-17-14(23-19(22)24-18)7-4-8-15(17)28-20(11-25,16-10-26-12-27-16)9-13-5-2-1-3-6-13/h1-8,10,25H,9,11-12H2,(H4,21,22,23,24). The molecule has 0 amide bonds. The van der Waals surface area contributed by atoms with Crippen molar-refractivity contribution in [3.05, 3.63) is 66.1 Å². The third kappa shape index (κ3) is 3.25. The quantitative estimate of drug-likeness (QED) is 0.593. The average molecular weight is 380 g/mol. The summed E-state index contributed by atoms with van der Waals surface area (Å²) < 4.78 is 17.2. The van der Waals surface area contributed by atoms with Gasteiger partial charge in [-0.05, 0) is 17.7 Å². The number of anilines is 2. The van der Waals surface area contributed by atoms with Crippen LogP contribution in [0, 0.1) is 0 Å². The van der Waals surface area contributed by atoms with Crippen LogP contribution in [0.5, 0.6) is 5.75 Å². The predicted octanol–water partition coefficient (Wildman–Crippen LogP) is 1.99. The summed E-state index contributed by atoms with van der Waals surface area (Å²) in [5.74, 6) is 1.08. The molecule has 1 atom stereocenters. The van der Waals surface area contributed by atoms with Crippen LogP contribution in [0.25, 0.3) is 10.9 Å². The van der Waals surface area contributed by atoms with E-state index < -0.39 is 5.60 Å². The van der Waals surface area contributed by atoms with Crippen molar-refractivity contribution in [2.24, 2.45) is 0 Å². The van der Waals surface area contributed by atoms with E-state index in [0.717, 1.165) is 5.56 Å². The third-order valence-electron chi connectivity index (χ3n) is 4.55. The van der Waals surface area contributed by atoms with Crippen molar-refractivity contribution < 1.29 is 19.3 Å². The Morgan fingerprint density at radius 3 is 2.61 bits per heavy atom. The zero-order valence-corrected chi connectivity index (χ0v) is 15.0. The van der Waals surface area contributed by atoms with E-state index in [1.807, 2.05) is 30.3 Å². The molecule has 0 fully saturated rings. The zero-order valence-electron chi connectivity index (χ0n) is 15.0. The number of benzene rings is 2. The van der Waals surface area contributed by atoms with E-state index in [-0.39, 0.29) is 25.2 Å². The van der Waals surface area contributed by atoms with Gasteiger partial charge < -0.3 is 30.8 Å². The van der Waals surface area contributed by atoms with Gasteiger partial charge in [-0.1, -0.05) is 36.4 Å². The molecule has 0 saturated heterocycles. The maximum atomic E-state index is 10.4. The summed E-state index contributed by atoms with van der Waals surface area (Å²) in [6.45, 7) is -0.282. The van der Waals surface area contributed by atoms with Gasteiger partial charge in [-0.25, -0.2) is 4.98 Å². The van der Waals surface area contributed by atoms with Crippen LogP contribution < -0.4 is 16.2 Å². The molecule has 4 rings (SSSR count). The van der Waals surface area contributed by atoms with E-state index in [1.54, 1.807) is 18.2 Å². The van der Waals surface area contributed by atoms with Crippen molar-refractivity contribution >= 4 is 22.7 Å². The SMILES string of the molecule is Nc1nc(N)c2c(OC(CO)(Cc3ccccc3)C3=COCO3)cccc2n1. The number of nitrogens with zero attached hydrogens (tertiary/aromatic N) is 2. The molecular formula is C20H20N4O4. The van der Waals surface area contributed by atoms with Crippen molar-refractivity contribution in [3.8, 4) is 5.75 Å². The monoisotopic (exact) mass is 380 g/mol. The van der Waals surface area contributed by atoms with E-state index in [9.17, 15) is 5.11 Å². The second-order valence-corrected chi connectivity index (χ2v) is 6.45. The second kappa shape index (κ2) is 7.24.